The molecule has 0 aromatic carbocycles. The van der Waals surface area contributed by atoms with Crippen LogP contribution in [0.3, 0.4) is 0 Å². The highest BCUT2D eigenvalue weighted by Gasteiger charge is 2.06. The lowest BCUT2D eigenvalue weighted by molar-refractivity contribution is 0.228. The molecule has 12 heavy (non-hydrogen) atoms. The van der Waals surface area contributed by atoms with Gasteiger partial charge in [-0.05, 0) is 19.3 Å². The third kappa shape index (κ3) is 6.38. The number of aliphatic hydroxyl groups is 1. The molecule has 0 spiro atoms. The number of aliphatic hydroxyl groups excluding tert-OH is 1. The van der Waals surface area contributed by atoms with Gasteiger partial charge in [-0.1, -0.05) is 26.0 Å². The van der Waals surface area contributed by atoms with E-state index < -0.39 is 0 Å². The molecule has 0 saturated carbocycles. The van der Waals surface area contributed by atoms with Crippen LogP contribution in [0.15, 0.2) is 12.2 Å². The van der Waals surface area contributed by atoms with E-state index in [-0.39, 0.29) is 12.6 Å². The van der Waals surface area contributed by atoms with Crippen LogP contribution < -0.4 is 5.32 Å². The molecule has 0 saturated heterocycles. The van der Waals surface area contributed by atoms with Gasteiger partial charge in [-0.15, -0.1) is 0 Å². The Labute approximate surface area is 75.7 Å². The zero-order valence-corrected chi connectivity index (χ0v) is 8.38. The Balaban J connectivity index is 3.52. The van der Waals surface area contributed by atoms with Crippen molar-refractivity contribution in [1.29, 1.82) is 0 Å². The van der Waals surface area contributed by atoms with Gasteiger partial charge in [0, 0.05) is 12.6 Å². The van der Waals surface area contributed by atoms with E-state index in [1.807, 2.05) is 13.0 Å². The summed E-state index contributed by atoms with van der Waals surface area (Å²) in [4.78, 5) is 0. The van der Waals surface area contributed by atoms with E-state index in [1.165, 1.54) is 0 Å². The molecular weight excluding hydrogens is 150 g/mol. The van der Waals surface area contributed by atoms with E-state index in [2.05, 4.69) is 25.2 Å². The highest BCUT2D eigenvalue weighted by atomic mass is 16.3. The molecule has 0 bridgehead atoms. The van der Waals surface area contributed by atoms with Crippen molar-refractivity contribution in [3.05, 3.63) is 12.2 Å². The summed E-state index contributed by atoms with van der Waals surface area (Å²) in [7, 11) is 0. The molecule has 0 aromatic rings. The predicted molar refractivity (Wildman–Crippen MR) is 53.1 cm³/mol. The Morgan fingerprint density at radius 2 is 2.08 bits per heavy atom. The van der Waals surface area contributed by atoms with E-state index in [1.54, 1.807) is 0 Å². The van der Waals surface area contributed by atoms with Crippen molar-refractivity contribution >= 4 is 0 Å². The second-order valence-corrected chi connectivity index (χ2v) is 3.49. The lowest BCUT2D eigenvalue weighted by Gasteiger charge is -2.16. The van der Waals surface area contributed by atoms with Gasteiger partial charge in [0.1, 0.15) is 0 Å². The van der Waals surface area contributed by atoms with E-state index in [0.29, 0.717) is 5.92 Å². The van der Waals surface area contributed by atoms with E-state index in [9.17, 15) is 0 Å². The number of hydrogen-bond acceptors (Lipinski definition) is 2. The van der Waals surface area contributed by atoms with Crippen LogP contribution in [0.5, 0.6) is 0 Å². The summed E-state index contributed by atoms with van der Waals surface area (Å²) in [5.74, 6) is 0.639. The quantitative estimate of drug-likeness (QED) is 0.594. The van der Waals surface area contributed by atoms with Gasteiger partial charge in [-0.3, -0.25) is 0 Å². The van der Waals surface area contributed by atoms with Crippen molar-refractivity contribution in [1.82, 2.24) is 5.32 Å². The molecule has 2 heteroatoms. The fraction of sp³-hybridized carbons (Fsp3) is 0.800. The molecule has 2 N–H and O–H groups in total. The Hall–Kier alpha value is -0.340. The molecule has 72 valence electrons. The summed E-state index contributed by atoms with van der Waals surface area (Å²) in [6.45, 7) is 7.42. The molecule has 0 amide bonds. The first-order chi connectivity index (χ1) is 5.70. The zero-order valence-electron chi connectivity index (χ0n) is 8.38. The Bertz CT molecular complexity index is 121. The van der Waals surface area contributed by atoms with Crippen molar-refractivity contribution < 1.29 is 5.11 Å². The van der Waals surface area contributed by atoms with Crippen LogP contribution in [0, 0.1) is 5.92 Å². The van der Waals surface area contributed by atoms with Crippen LogP contribution in [0.2, 0.25) is 0 Å². The molecule has 0 aliphatic carbocycles. The fourth-order valence-corrected chi connectivity index (χ4v) is 1.14. The van der Waals surface area contributed by atoms with E-state index >= 15 is 0 Å². The largest absolute Gasteiger partial charge is 0.395 e. The third-order valence-electron chi connectivity index (χ3n) is 1.74. The third-order valence-corrected chi connectivity index (χ3v) is 1.74. The number of nitrogens with one attached hydrogen (secondary N) is 1. The molecule has 0 fully saturated rings. The molecule has 0 aliphatic rings. The van der Waals surface area contributed by atoms with Gasteiger partial charge in [0.25, 0.3) is 0 Å². The lowest BCUT2D eigenvalue weighted by Crippen LogP contribution is -2.33. The number of rotatable bonds is 6. The minimum Gasteiger partial charge on any atom is -0.395 e. The fourth-order valence-electron chi connectivity index (χ4n) is 1.14. The van der Waals surface area contributed by atoms with E-state index in [0.717, 1.165) is 13.0 Å². The highest BCUT2D eigenvalue weighted by Crippen LogP contribution is 2.03. The molecular formula is C10H21NO. The topological polar surface area (TPSA) is 32.3 Å². The van der Waals surface area contributed by atoms with Gasteiger partial charge in [-0.2, -0.15) is 0 Å². The van der Waals surface area contributed by atoms with Gasteiger partial charge in [0.2, 0.25) is 0 Å². The normalized spacial score (nSPS) is 14.4. The summed E-state index contributed by atoms with van der Waals surface area (Å²) < 4.78 is 0. The number of hydrogen-bond donors (Lipinski definition) is 2. The van der Waals surface area contributed by atoms with Gasteiger partial charge in [-0.25, -0.2) is 0 Å². The van der Waals surface area contributed by atoms with Crippen molar-refractivity contribution in [2.75, 3.05) is 13.2 Å². The highest BCUT2D eigenvalue weighted by molar-refractivity contribution is 4.81. The van der Waals surface area contributed by atoms with Crippen molar-refractivity contribution in [3.8, 4) is 0 Å². The van der Waals surface area contributed by atoms with Crippen LogP contribution >= 0.6 is 0 Å². The Morgan fingerprint density at radius 1 is 1.42 bits per heavy atom. The van der Waals surface area contributed by atoms with Crippen LogP contribution in [-0.2, 0) is 0 Å². The van der Waals surface area contributed by atoms with Gasteiger partial charge in [0.15, 0.2) is 0 Å². The lowest BCUT2D eigenvalue weighted by atomic mass is 10.0. The molecule has 2 nitrogen and oxygen atoms in total. The molecule has 0 radical (unpaired) electrons. The smallest absolute Gasteiger partial charge is 0.0584 e. The summed E-state index contributed by atoms with van der Waals surface area (Å²) >= 11 is 0. The zero-order chi connectivity index (χ0) is 9.40. The molecule has 0 rings (SSSR count). The summed E-state index contributed by atoms with van der Waals surface area (Å²) in [6.07, 6.45) is 5.11. The summed E-state index contributed by atoms with van der Waals surface area (Å²) in [5, 5.41) is 12.3. The maximum Gasteiger partial charge on any atom is 0.0584 e. The van der Waals surface area contributed by atoms with Crippen molar-refractivity contribution in [3.63, 3.8) is 0 Å². The average Bonchev–Trinajstić information content (AvgIpc) is 2.02. The van der Waals surface area contributed by atoms with Crippen LogP contribution in [0.25, 0.3) is 0 Å². The van der Waals surface area contributed by atoms with Crippen LogP contribution in [0.4, 0.5) is 0 Å². The molecule has 1 atom stereocenters. The maximum atomic E-state index is 8.99. The van der Waals surface area contributed by atoms with Crippen molar-refractivity contribution in [2.45, 2.75) is 33.2 Å². The molecule has 0 aromatic heterocycles. The Kier molecular flexibility index (Phi) is 7.11. The van der Waals surface area contributed by atoms with Gasteiger partial charge < -0.3 is 10.4 Å². The Morgan fingerprint density at radius 3 is 2.50 bits per heavy atom. The van der Waals surface area contributed by atoms with Gasteiger partial charge in [0.05, 0.1) is 6.61 Å². The predicted octanol–water partition coefficient (Wildman–Crippen LogP) is 1.56. The monoisotopic (exact) mass is 171 g/mol. The second kappa shape index (κ2) is 7.32. The first-order valence-electron chi connectivity index (χ1n) is 4.66. The molecule has 0 aliphatic heterocycles. The summed E-state index contributed by atoms with van der Waals surface area (Å²) in [5.41, 5.74) is 0. The SMILES string of the molecule is C/C=C/CNC(CO)CC(C)C. The van der Waals surface area contributed by atoms with Crippen molar-refractivity contribution in [2.24, 2.45) is 5.92 Å². The first-order valence-corrected chi connectivity index (χ1v) is 4.66. The summed E-state index contributed by atoms with van der Waals surface area (Å²) in [6, 6.07) is 0.251. The minimum absolute atomic E-state index is 0.232. The van der Waals surface area contributed by atoms with E-state index in [4.69, 9.17) is 5.11 Å². The maximum absolute atomic E-state index is 8.99. The minimum atomic E-state index is 0.232. The van der Waals surface area contributed by atoms with Crippen LogP contribution in [0.1, 0.15) is 27.2 Å². The molecule has 0 heterocycles. The van der Waals surface area contributed by atoms with Gasteiger partial charge >= 0.3 is 0 Å². The standard InChI is InChI=1S/C10H21NO/c1-4-5-6-11-10(8-12)7-9(2)3/h4-5,9-12H,6-8H2,1-3H3/b5-4+. The molecule has 1 unspecified atom stereocenters. The van der Waals surface area contributed by atoms with Crippen LogP contribution in [-0.4, -0.2) is 24.3 Å². The average molecular weight is 171 g/mol. The first kappa shape index (κ1) is 11.7. The second-order valence-electron chi connectivity index (χ2n) is 3.49. The number of allylic oxidation sites excluding steroid dienone is 1.